The Hall–Kier alpha value is -3.23. The molecule has 0 atom stereocenters. The molecular formula is C17H18FN3O5. The number of carboxylic acids is 1. The standard InChI is InChI=1S/C17H18FN3O5/c18-12-6-5-9(20-17(26)19-8-14(22)23)7-13(12)21-15(24)10-3-1-2-4-11(10)16(21)25/h5-7,24-25H,1-4,8H2,(H,22,23)(H2,19,20,26). The second-order valence-corrected chi connectivity index (χ2v) is 6.01. The number of halogens is 1. The zero-order valence-corrected chi connectivity index (χ0v) is 13.8. The normalized spacial score (nSPS) is 13.1. The number of carboxylic acid groups (broad SMARTS) is 1. The summed E-state index contributed by atoms with van der Waals surface area (Å²) >= 11 is 0. The van der Waals surface area contributed by atoms with Gasteiger partial charge in [-0.25, -0.2) is 13.8 Å². The Labute approximate surface area is 147 Å². The lowest BCUT2D eigenvalue weighted by Gasteiger charge is -2.12. The molecule has 1 aliphatic rings. The highest BCUT2D eigenvalue weighted by Crippen LogP contribution is 2.41. The summed E-state index contributed by atoms with van der Waals surface area (Å²) in [7, 11) is 0. The van der Waals surface area contributed by atoms with E-state index in [1.165, 1.54) is 12.1 Å². The fourth-order valence-electron chi connectivity index (χ4n) is 3.09. The molecule has 5 N–H and O–H groups in total. The molecule has 0 fully saturated rings. The van der Waals surface area contributed by atoms with Gasteiger partial charge in [-0.3, -0.25) is 4.79 Å². The fourth-order valence-corrected chi connectivity index (χ4v) is 3.09. The van der Waals surface area contributed by atoms with Crippen LogP contribution < -0.4 is 10.6 Å². The van der Waals surface area contributed by atoms with Crippen LogP contribution in [-0.2, 0) is 17.6 Å². The summed E-state index contributed by atoms with van der Waals surface area (Å²) in [4.78, 5) is 22.1. The first-order chi connectivity index (χ1) is 12.4. The van der Waals surface area contributed by atoms with Crippen molar-refractivity contribution in [2.75, 3.05) is 11.9 Å². The molecule has 0 spiro atoms. The number of hydrogen-bond donors (Lipinski definition) is 5. The van der Waals surface area contributed by atoms with Crippen LogP contribution in [0.5, 0.6) is 11.8 Å². The fraction of sp³-hybridized carbons (Fsp3) is 0.294. The summed E-state index contributed by atoms with van der Waals surface area (Å²) in [6, 6.07) is 2.85. The van der Waals surface area contributed by atoms with E-state index in [1.807, 2.05) is 0 Å². The van der Waals surface area contributed by atoms with Crippen molar-refractivity contribution in [3.63, 3.8) is 0 Å². The zero-order valence-electron chi connectivity index (χ0n) is 13.8. The average Bonchev–Trinajstić information content (AvgIpc) is 2.86. The monoisotopic (exact) mass is 363 g/mol. The SMILES string of the molecule is O=C(O)CNC(=O)Nc1ccc(F)c(-n2c(O)c3c(c2O)CCCC3)c1. The maximum Gasteiger partial charge on any atom is 0.323 e. The first-order valence-corrected chi connectivity index (χ1v) is 8.09. The average molecular weight is 363 g/mol. The van der Waals surface area contributed by atoms with Gasteiger partial charge in [0.2, 0.25) is 11.8 Å². The van der Waals surface area contributed by atoms with Gasteiger partial charge in [-0.1, -0.05) is 0 Å². The summed E-state index contributed by atoms with van der Waals surface area (Å²) in [6.07, 6.45) is 2.94. The lowest BCUT2D eigenvalue weighted by Crippen LogP contribution is -2.33. The van der Waals surface area contributed by atoms with E-state index in [0.717, 1.165) is 23.5 Å². The molecule has 0 radical (unpaired) electrons. The molecule has 0 aliphatic heterocycles. The molecule has 0 saturated heterocycles. The van der Waals surface area contributed by atoms with Gasteiger partial charge in [0.05, 0.1) is 5.69 Å². The van der Waals surface area contributed by atoms with Gasteiger partial charge in [0.1, 0.15) is 12.4 Å². The molecule has 1 aromatic carbocycles. The number of carbonyl (C=O) groups is 2. The van der Waals surface area contributed by atoms with Crippen molar-refractivity contribution < 1.29 is 29.3 Å². The molecular weight excluding hydrogens is 345 g/mol. The highest BCUT2D eigenvalue weighted by atomic mass is 19.1. The molecule has 138 valence electrons. The van der Waals surface area contributed by atoms with E-state index in [9.17, 15) is 24.2 Å². The molecule has 26 heavy (non-hydrogen) atoms. The predicted octanol–water partition coefficient (Wildman–Crippen LogP) is 2.11. The second kappa shape index (κ2) is 6.95. The third-order valence-electron chi connectivity index (χ3n) is 4.28. The summed E-state index contributed by atoms with van der Waals surface area (Å²) in [5.74, 6) is -2.33. The Kier molecular flexibility index (Phi) is 4.70. The van der Waals surface area contributed by atoms with Gasteiger partial charge < -0.3 is 26.0 Å². The van der Waals surface area contributed by atoms with Gasteiger partial charge in [0, 0.05) is 16.8 Å². The number of nitrogens with zero attached hydrogens (tertiary/aromatic N) is 1. The lowest BCUT2D eigenvalue weighted by atomic mass is 9.95. The number of anilines is 1. The van der Waals surface area contributed by atoms with Crippen molar-refractivity contribution >= 4 is 17.7 Å². The van der Waals surface area contributed by atoms with Crippen molar-refractivity contribution in [2.45, 2.75) is 25.7 Å². The minimum atomic E-state index is -1.20. The maximum absolute atomic E-state index is 14.3. The number of nitrogens with one attached hydrogen (secondary N) is 2. The van der Waals surface area contributed by atoms with Crippen LogP contribution in [0.2, 0.25) is 0 Å². The number of carbonyl (C=O) groups excluding carboxylic acids is 1. The Balaban J connectivity index is 1.93. The Bertz CT molecular complexity index is 848. The molecule has 0 saturated carbocycles. The largest absolute Gasteiger partial charge is 0.494 e. The van der Waals surface area contributed by atoms with Gasteiger partial charge in [0.25, 0.3) is 0 Å². The summed E-state index contributed by atoms with van der Waals surface area (Å²) < 4.78 is 15.3. The van der Waals surface area contributed by atoms with Gasteiger partial charge in [-0.05, 0) is 43.9 Å². The van der Waals surface area contributed by atoms with Crippen molar-refractivity contribution in [3.05, 3.63) is 35.1 Å². The van der Waals surface area contributed by atoms with Crippen LogP contribution >= 0.6 is 0 Å². The zero-order chi connectivity index (χ0) is 18.8. The first kappa shape index (κ1) is 17.6. The highest BCUT2D eigenvalue weighted by Gasteiger charge is 2.26. The van der Waals surface area contributed by atoms with Crippen LogP contribution in [0.15, 0.2) is 18.2 Å². The molecule has 2 amide bonds. The number of aromatic nitrogens is 1. The third-order valence-corrected chi connectivity index (χ3v) is 4.28. The van der Waals surface area contributed by atoms with Crippen LogP contribution in [0.25, 0.3) is 5.69 Å². The summed E-state index contributed by atoms with van der Waals surface area (Å²) in [5, 5.41) is 33.9. The van der Waals surface area contributed by atoms with Crippen molar-refractivity contribution in [2.24, 2.45) is 0 Å². The number of benzene rings is 1. The number of aromatic hydroxyl groups is 2. The smallest absolute Gasteiger partial charge is 0.323 e. The number of hydrogen-bond acceptors (Lipinski definition) is 4. The van der Waals surface area contributed by atoms with Crippen LogP contribution in [0, 0.1) is 5.82 Å². The molecule has 0 unspecified atom stereocenters. The van der Waals surface area contributed by atoms with Gasteiger partial charge >= 0.3 is 12.0 Å². The summed E-state index contributed by atoms with van der Waals surface area (Å²) in [5.41, 5.74) is 1.26. The van der Waals surface area contributed by atoms with Crippen molar-refractivity contribution in [3.8, 4) is 17.4 Å². The van der Waals surface area contributed by atoms with Gasteiger partial charge in [-0.15, -0.1) is 0 Å². The van der Waals surface area contributed by atoms with E-state index in [4.69, 9.17) is 5.11 Å². The Morgan fingerprint density at radius 1 is 1.12 bits per heavy atom. The maximum atomic E-state index is 14.3. The van der Waals surface area contributed by atoms with Crippen LogP contribution in [0.1, 0.15) is 24.0 Å². The number of rotatable bonds is 4. The minimum Gasteiger partial charge on any atom is -0.494 e. The third kappa shape index (κ3) is 3.28. The van der Waals surface area contributed by atoms with E-state index in [1.54, 1.807) is 0 Å². The molecule has 0 bridgehead atoms. The number of amides is 2. The van der Waals surface area contributed by atoms with E-state index in [0.29, 0.717) is 24.0 Å². The minimum absolute atomic E-state index is 0.120. The van der Waals surface area contributed by atoms with Gasteiger partial charge in [-0.2, -0.15) is 0 Å². The topological polar surface area (TPSA) is 124 Å². The first-order valence-electron chi connectivity index (χ1n) is 8.09. The lowest BCUT2D eigenvalue weighted by molar-refractivity contribution is -0.135. The van der Waals surface area contributed by atoms with Crippen molar-refractivity contribution in [1.82, 2.24) is 9.88 Å². The Morgan fingerprint density at radius 2 is 1.73 bits per heavy atom. The molecule has 1 aliphatic carbocycles. The van der Waals surface area contributed by atoms with E-state index in [2.05, 4.69) is 10.6 Å². The quantitative estimate of drug-likeness (QED) is 0.569. The molecule has 2 aromatic rings. The van der Waals surface area contributed by atoms with Crippen LogP contribution in [0.4, 0.5) is 14.9 Å². The predicted molar refractivity (Wildman–Crippen MR) is 90.4 cm³/mol. The van der Waals surface area contributed by atoms with Crippen LogP contribution in [-0.4, -0.2) is 38.4 Å². The number of urea groups is 1. The number of fused-ring (bicyclic) bond motifs is 1. The highest BCUT2D eigenvalue weighted by molar-refractivity contribution is 5.91. The molecule has 9 heteroatoms. The van der Waals surface area contributed by atoms with Gasteiger partial charge in [0.15, 0.2) is 0 Å². The Morgan fingerprint density at radius 3 is 2.31 bits per heavy atom. The van der Waals surface area contributed by atoms with Crippen molar-refractivity contribution in [1.29, 1.82) is 0 Å². The molecule has 1 heterocycles. The molecule has 8 nitrogen and oxygen atoms in total. The molecule has 3 rings (SSSR count). The van der Waals surface area contributed by atoms with Crippen LogP contribution in [0.3, 0.4) is 0 Å². The summed E-state index contributed by atoms with van der Waals surface area (Å²) in [6.45, 7) is -0.564. The number of aliphatic carboxylic acids is 1. The van der Waals surface area contributed by atoms with E-state index >= 15 is 0 Å². The van der Waals surface area contributed by atoms with E-state index < -0.39 is 24.4 Å². The van der Waals surface area contributed by atoms with E-state index in [-0.39, 0.29) is 23.1 Å². The second-order valence-electron chi connectivity index (χ2n) is 6.01. The molecule has 1 aromatic heterocycles.